The Labute approximate surface area is 155 Å². The lowest BCUT2D eigenvalue weighted by Crippen LogP contribution is -2.47. The fourth-order valence-corrected chi connectivity index (χ4v) is 4.83. The van der Waals surface area contributed by atoms with E-state index in [-0.39, 0.29) is 5.69 Å². The van der Waals surface area contributed by atoms with E-state index in [0.29, 0.717) is 12.1 Å². The van der Waals surface area contributed by atoms with Crippen LogP contribution in [0.5, 0.6) is 0 Å². The molecule has 7 heteroatoms. The van der Waals surface area contributed by atoms with Crippen molar-refractivity contribution in [3.8, 4) is 0 Å². The van der Waals surface area contributed by atoms with E-state index in [1.165, 1.54) is 12.1 Å². The Hall–Kier alpha value is -2.38. The van der Waals surface area contributed by atoms with Crippen LogP contribution in [0, 0.1) is 17.0 Å². The molecular weight excluding hydrogens is 350 g/mol. The minimum atomic E-state index is -1.34. The number of hydrogen-bond acceptors (Lipinski definition) is 5. The van der Waals surface area contributed by atoms with Crippen LogP contribution in [0.25, 0.3) is 0 Å². The van der Waals surface area contributed by atoms with E-state index in [1.54, 1.807) is 23.9 Å². The molecule has 0 saturated carbocycles. The molecule has 6 nitrogen and oxygen atoms in total. The van der Waals surface area contributed by atoms with Gasteiger partial charge in [-0.2, -0.15) is 4.90 Å². The fraction of sp³-hybridized carbons (Fsp3) is 0.316. The van der Waals surface area contributed by atoms with Crippen molar-refractivity contribution in [3.05, 3.63) is 69.8 Å². The van der Waals surface area contributed by atoms with Crippen LogP contribution in [0.2, 0.25) is 0 Å². The van der Waals surface area contributed by atoms with E-state index in [4.69, 9.17) is 0 Å². The van der Waals surface area contributed by atoms with Gasteiger partial charge in [0.15, 0.2) is 6.54 Å². The zero-order valence-electron chi connectivity index (χ0n) is 14.5. The van der Waals surface area contributed by atoms with Crippen molar-refractivity contribution in [2.75, 3.05) is 23.7 Å². The standard InChI is InChI=1S/C19H20N3O3S/c1-14-6-2-3-9-17(14)21-18-20(10-5-11-26-18)13-19(21,23)15-7-4-8-16(12-15)22(24)25/h2-4,6-9,12,23H,5,10-11,13H2,1H3/q+1. The molecule has 0 radical (unpaired) electrons. The number of non-ortho nitro benzene ring substituents is 1. The number of aryl methyl sites for hydroxylation is 1. The molecule has 0 aliphatic carbocycles. The van der Waals surface area contributed by atoms with Crippen molar-refractivity contribution in [2.24, 2.45) is 0 Å². The van der Waals surface area contributed by atoms with E-state index in [2.05, 4.69) is 4.58 Å². The van der Waals surface area contributed by atoms with Crippen LogP contribution in [0.1, 0.15) is 17.5 Å². The van der Waals surface area contributed by atoms with Crippen LogP contribution < -0.4 is 4.90 Å². The summed E-state index contributed by atoms with van der Waals surface area (Å²) in [4.78, 5) is 12.7. The lowest BCUT2D eigenvalue weighted by Gasteiger charge is -2.29. The summed E-state index contributed by atoms with van der Waals surface area (Å²) in [7, 11) is 0. The number of aliphatic hydroxyl groups is 1. The summed E-state index contributed by atoms with van der Waals surface area (Å²) >= 11 is 1.73. The number of hydrogen-bond donors (Lipinski definition) is 1. The third-order valence-electron chi connectivity index (χ3n) is 4.92. The molecule has 2 heterocycles. The summed E-state index contributed by atoms with van der Waals surface area (Å²) in [5, 5.41) is 24.0. The summed E-state index contributed by atoms with van der Waals surface area (Å²) in [6.45, 7) is 3.28. The highest BCUT2D eigenvalue weighted by molar-refractivity contribution is 8.14. The summed E-state index contributed by atoms with van der Waals surface area (Å²) in [6, 6.07) is 14.3. The van der Waals surface area contributed by atoms with Crippen LogP contribution >= 0.6 is 11.8 Å². The lowest BCUT2D eigenvalue weighted by atomic mass is 9.99. The smallest absolute Gasteiger partial charge is 0.316 e. The number of para-hydroxylation sites is 1. The van der Waals surface area contributed by atoms with Gasteiger partial charge in [-0.1, -0.05) is 30.3 Å². The number of nitro groups is 1. The van der Waals surface area contributed by atoms with Gasteiger partial charge in [0.2, 0.25) is 0 Å². The molecule has 1 unspecified atom stereocenters. The maximum atomic E-state index is 11.8. The monoisotopic (exact) mass is 370 g/mol. The molecule has 1 N–H and O–H groups in total. The molecule has 0 aromatic heterocycles. The Balaban J connectivity index is 1.88. The van der Waals surface area contributed by atoms with Gasteiger partial charge in [-0.25, -0.2) is 4.58 Å². The van der Waals surface area contributed by atoms with Gasteiger partial charge in [-0.3, -0.25) is 10.1 Å². The molecule has 0 fully saturated rings. The zero-order chi connectivity index (χ0) is 18.3. The highest BCUT2D eigenvalue weighted by atomic mass is 32.2. The largest absolute Gasteiger partial charge is 0.346 e. The number of benzene rings is 2. The third kappa shape index (κ3) is 2.68. The van der Waals surface area contributed by atoms with E-state index in [1.807, 2.05) is 36.1 Å². The minimum Gasteiger partial charge on any atom is -0.346 e. The van der Waals surface area contributed by atoms with E-state index in [0.717, 1.165) is 35.1 Å². The second kappa shape index (κ2) is 6.41. The molecule has 0 saturated heterocycles. The molecule has 134 valence electrons. The first-order chi connectivity index (χ1) is 12.5. The molecule has 4 rings (SSSR count). The van der Waals surface area contributed by atoms with Crippen molar-refractivity contribution < 1.29 is 14.6 Å². The van der Waals surface area contributed by atoms with Crippen molar-refractivity contribution in [1.82, 2.24) is 0 Å². The lowest BCUT2D eigenvalue weighted by molar-refractivity contribution is -0.532. The number of thioether (sulfide) groups is 1. The van der Waals surface area contributed by atoms with Gasteiger partial charge in [0.1, 0.15) is 5.69 Å². The zero-order valence-corrected chi connectivity index (χ0v) is 15.3. The molecule has 0 bridgehead atoms. The van der Waals surface area contributed by atoms with E-state index < -0.39 is 10.6 Å². The van der Waals surface area contributed by atoms with Gasteiger partial charge >= 0.3 is 5.17 Å². The van der Waals surface area contributed by atoms with Crippen molar-refractivity contribution in [3.63, 3.8) is 0 Å². The maximum Gasteiger partial charge on any atom is 0.316 e. The number of nitrogens with zero attached hydrogens (tertiary/aromatic N) is 3. The van der Waals surface area contributed by atoms with Gasteiger partial charge in [-0.15, -0.1) is 0 Å². The Kier molecular flexibility index (Phi) is 4.20. The maximum absolute atomic E-state index is 11.8. The molecule has 2 aromatic carbocycles. The average Bonchev–Trinajstić information content (AvgIpc) is 2.95. The quantitative estimate of drug-likeness (QED) is 0.511. The molecule has 2 aliphatic rings. The Morgan fingerprint density at radius 1 is 1.27 bits per heavy atom. The number of amidine groups is 1. The molecule has 1 atom stereocenters. The summed E-state index contributed by atoms with van der Waals surface area (Å²) in [6.07, 6.45) is 1.06. The second-order valence-electron chi connectivity index (χ2n) is 6.65. The topological polar surface area (TPSA) is 69.6 Å². The number of nitro benzene ring substituents is 1. The SMILES string of the molecule is Cc1ccccc1N1C2=[N+](CCCS2)CC1(O)c1cccc([N+](=O)[O-])c1. The van der Waals surface area contributed by atoms with Crippen LogP contribution in [-0.4, -0.2) is 38.6 Å². The first-order valence-corrected chi connectivity index (χ1v) is 9.57. The summed E-state index contributed by atoms with van der Waals surface area (Å²) in [5.41, 5.74) is 1.16. The predicted octanol–water partition coefficient (Wildman–Crippen LogP) is 3.07. The molecule has 2 aliphatic heterocycles. The normalized spacial score (nSPS) is 22.5. The molecular formula is C19H20N3O3S+. The summed E-state index contributed by atoms with van der Waals surface area (Å²) < 4.78 is 2.18. The number of rotatable bonds is 3. The first kappa shape index (κ1) is 17.1. The Morgan fingerprint density at radius 3 is 2.85 bits per heavy atom. The van der Waals surface area contributed by atoms with Crippen LogP contribution in [0.4, 0.5) is 11.4 Å². The molecule has 26 heavy (non-hydrogen) atoms. The average molecular weight is 370 g/mol. The molecule has 0 amide bonds. The van der Waals surface area contributed by atoms with Gasteiger partial charge < -0.3 is 5.11 Å². The third-order valence-corrected chi connectivity index (χ3v) is 6.11. The van der Waals surface area contributed by atoms with Gasteiger partial charge in [-0.05, 0) is 36.7 Å². The van der Waals surface area contributed by atoms with Crippen LogP contribution in [0.15, 0.2) is 48.5 Å². The van der Waals surface area contributed by atoms with Crippen LogP contribution in [0.3, 0.4) is 0 Å². The first-order valence-electron chi connectivity index (χ1n) is 8.58. The van der Waals surface area contributed by atoms with Crippen LogP contribution in [-0.2, 0) is 5.72 Å². The van der Waals surface area contributed by atoms with E-state index >= 15 is 0 Å². The molecule has 2 aromatic rings. The predicted molar refractivity (Wildman–Crippen MR) is 103 cm³/mol. The van der Waals surface area contributed by atoms with Crippen molar-refractivity contribution in [1.29, 1.82) is 0 Å². The van der Waals surface area contributed by atoms with Gasteiger partial charge in [0.05, 0.1) is 11.5 Å². The number of anilines is 1. The highest BCUT2D eigenvalue weighted by Gasteiger charge is 2.55. The molecule has 0 spiro atoms. The Morgan fingerprint density at radius 2 is 2.08 bits per heavy atom. The Bertz CT molecular complexity index is 914. The fourth-order valence-electron chi connectivity index (χ4n) is 3.66. The summed E-state index contributed by atoms with van der Waals surface area (Å²) in [5.74, 6) is 0.999. The van der Waals surface area contributed by atoms with E-state index in [9.17, 15) is 15.2 Å². The van der Waals surface area contributed by atoms with Crippen molar-refractivity contribution in [2.45, 2.75) is 19.1 Å². The highest BCUT2D eigenvalue weighted by Crippen LogP contribution is 2.41. The van der Waals surface area contributed by atoms with Gasteiger partial charge in [0.25, 0.3) is 11.4 Å². The second-order valence-corrected chi connectivity index (χ2v) is 7.71. The van der Waals surface area contributed by atoms with Gasteiger partial charge in [0, 0.05) is 23.4 Å². The van der Waals surface area contributed by atoms with Crippen molar-refractivity contribution >= 4 is 28.3 Å². The minimum absolute atomic E-state index is 0.0109.